The van der Waals surface area contributed by atoms with E-state index in [2.05, 4.69) is 6.07 Å². The van der Waals surface area contributed by atoms with E-state index < -0.39 is 7.94 Å². The van der Waals surface area contributed by atoms with Gasteiger partial charge in [0.15, 0.2) is 11.5 Å². The summed E-state index contributed by atoms with van der Waals surface area (Å²) >= 11 is 3.11. The highest BCUT2D eigenvalue weighted by Crippen LogP contribution is 2.58. The molecule has 26 heavy (non-hydrogen) atoms. The Bertz CT molecular complexity index is 1020. The molecule has 0 spiro atoms. The molecular weight excluding hydrogens is 383 g/mol. The van der Waals surface area contributed by atoms with Crippen molar-refractivity contribution >= 4 is 35.2 Å². The minimum atomic E-state index is -3.53. The van der Waals surface area contributed by atoms with E-state index in [9.17, 15) is 4.89 Å². The first-order valence-corrected chi connectivity index (χ1v) is 11.3. The van der Waals surface area contributed by atoms with Crippen LogP contribution in [0.4, 0.5) is 0 Å². The zero-order valence-electron chi connectivity index (χ0n) is 13.5. The number of hydrogen-bond donors (Lipinski definition) is 0. The third-order valence-electron chi connectivity index (χ3n) is 4.13. The minimum absolute atomic E-state index is 0.576. The average Bonchev–Trinajstić information content (AvgIpc) is 3.32. The van der Waals surface area contributed by atoms with Crippen molar-refractivity contribution in [3.8, 4) is 32.4 Å². The summed E-state index contributed by atoms with van der Waals surface area (Å²) < 4.78 is 12.6. The van der Waals surface area contributed by atoms with Crippen molar-refractivity contribution in [1.82, 2.24) is 0 Å². The Morgan fingerprint density at radius 2 is 1.35 bits per heavy atom. The van der Waals surface area contributed by atoms with Crippen molar-refractivity contribution in [2.45, 2.75) is 0 Å². The van der Waals surface area contributed by atoms with E-state index in [1.807, 2.05) is 72.1 Å². The quantitative estimate of drug-likeness (QED) is 0.428. The number of fused-ring (bicyclic) bond motifs is 3. The number of para-hydroxylation sites is 2. The maximum Gasteiger partial charge on any atom is 0.375 e. The molecule has 128 valence electrons. The Kier molecular flexibility index (Phi) is 3.84. The van der Waals surface area contributed by atoms with Gasteiger partial charge < -0.3 is 13.9 Å². The predicted molar refractivity (Wildman–Crippen MR) is 107 cm³/mol. The van der Waals surface area contributed by atoms with Crippen LogP contribution in [0.15, 0.2) is 78.2 Å². The molecule has 0 bridgehead atoms. The van der Waals surface area contributed by atoms with Gasteiger partial charge in [-0.15, -0.1) is 11.3 Å². The van der Waals surface area contributed by atoms with Crippen LogP contribution in [0.1, 0.15) is 0 Å². The normalized spacial score (nSPS) is 14.5. The minimum Gasteiger partial charge on any atom is -0.612 e. The fourth-order valence-electron chi connectivity index (χ4n) is 2.93. The summed E-state index contributed by atoms with van der Waals surface area (Å²) in [5, 5.41) is 2.03. The Hall–Kier alpha value is -2.17. The van der Waals surface area contributed by atoms with E-state index in [0.29, 0.717) is 16.1 Å². The maximum absolute atomic E-state index is 13.7. The van der Waals surface area contributed by atoms with Gasteiger partial charge in [-0.3, -0.25) is 0 Å². The van der Waals surface area contributed by atoms with Gasteiger partial charge in [0.05, 0.1) is 0 Å². The molecule has 0 fully saturated rings. The van der Waals surface area contributed by atoms with Crippen LogP contribution in [0.5, 0.6) is 11.5 Å². The van der Waals surface area contributed by atoms with Gasteiger partial charge in [0.25, 0.3) is 0 Å². The van der Waals surface area contributed by atoms with Gasteiger partial charge in [-0.25, -0.2) is 0 Å². The zero-order chi connectivity index (χ0) is 17.6. The molecule has 2 aromatic heterocycles. The molecule has 0 amide bonds. The van der Waals surface area contributed by atoms with E-state index in [1.165, 1.54) is 11.3 Å². The van der Waals surface area contributed by atoms with Gasteiger partial charge in [0.2, 0.25) is 4.62 Å². The number of benzene rings is 2. The van der Waals surface area contributed by atoms with Crippen LogP contribution in [0.25, 0.3) is 20.9 Å². The van der Waals surface area contributed by atoms with Crippen LogP contribution in [0.3, 0.4) is 0 Å². The largest absolute Gasteiger partial charge is 0.612 e. The van der Waals surface area contributed by atoms with E-state index in [0.717, 1.165) is 20.9 Å². The molecule has 0 radical (unpaired) electrons. The third-order valence-corrected chi connectivity index (χ3v) is 8.59. The summed E-state index contributed by atoms with van der Waals surface area (Å²) in [6.07, 6.45) is 0. The van der Waals surface area contributed by atoms with Crippen LogP contribution in [0.2, 0.25) is 0 Å². The Labute approximate surface area is 159 Å². The molecule has 0 aliphatic carbocycles. The summed E-state index contributed by atoms with van der Waals surface area (Å²) in [5.41, 5.74) is 1.77. The van der Waals surface area contributed by atoms with E-state index >= 15 is 0 Å². The summed E-state index contributed by atoms with van der Waals surface area (Å²) in [4.78, 5) is 15.9. The molecule has 0 N–H and O–H groups in total. The number of hydrogen-bond acceptors (Lipinski definition) is 5. The molecule has 1 aliphatic rings. The molecule has 0 saturated carbocycles. The monoisotopic (exact) mass is 396 g/mol. The number of rotatable bonds is 2. The van der Waals surface area contributed by atoms with Gasteiger partial charge in [0, 0.05) is 20.9 Å². The molecule has 6 heteroatoms. The van der Waals surface area contributed by atoms with Crippen molar-refractivity contribution in [2.24, 2.45) is 0 Å². The highest BCUT2D eigenvalue weighted by molar-refractivity contribution is 7.74. The summed E-state index contributed by atoms with van der Waals surface area (Å²) in [6, 6.07) is 23.1. The van der Waals surface area contributed by atoms with Crippen LogP contribution < -0.4 is 18.6 Å². The van der Waals surface area contributed by atoms with Crippen molar-refractivity contribution in [1.29, 1.82) is 0 Å². The highest BCUT2D eigenvalue weighted by atomic mass is 32.1. The van der Waals surface area contributed by atoms with Gasteiger partial charge in [-0.2, -0.15) is 0 Å². The molecule has 3 nitrogen and oxygen atoms in total. The van der Waals surface area contributed by atoms with Crippen LogP contribution >= 0.6 is 30.6 Å². The lowest BCUT2D eigenvalue weighted by Crippen LogP contribution is -2.28. The zero-order valence-corrected chi connectivity index (χ0v) is 16.0. The van der Waals surface area contributed by atoms with E-state index in [1.54, 1.807) is 11.3 Å². The summed E-state index contributed by atoms with van der Waals surface area (Å²) in [6.45, 7) is 0. The molecule has 3 heterocycles. The summed E-state index contributed by atoms with van der Waals surface area (Å²) in [7, 11) is -3.53. The van der Waals surface area contributed by atoms with E-state index in [4.69, 9.17) is 9.05 Å². The predicted octanol–water partition coefficient (Wildman–Crippen LogP) is 5.36. The molecule has 0 saturated heterocycles. The van der Waals surface area contributed by atoms with Crippen molar-refractivity contribution in [3.63, 3.8) is 0 Å². The SMILES string of the molecule is [O-][P+]1(c2ccc(-c3cccs3)s2)Oc2ccccc2-c2ccccc2O1. The lowest BCUT2D eigenvalue weighted by Gasteiger charge is -2.24. The van der Waals surface area contributed by atoms with E-state index in [-0.39, 0.29) is 0 Å². The second-order valence-corrected chi connectivity index (χ2v) is 9.96. The van der Waals surface area contributed by atoms with Gasteiger partial charge in [-0.05, 0) is 35.7 Å². The van der Waals surface area contributed by atoms with Crippen molar-refractivity contribution in [2.75, 3.05) is 0 Å². The first-order chi connectivity index (χ1) is 12.7. The lowest BCUT2D eigenvalue weighted by molar-refractivity contribution is -0.197. The second-order valence-electron chi connectivity index (χ2n) is 5.79. The molecule has 4 aromatic rings. The Morgan fingerprint density at radius 1 is 0.692 bits per heavy atom. The summed E-state index contributed by atoms with van der Waals surface area (Å²) in [5.74, 6) is 1.15. The first-order valence-electron chi connectivity index (χ1n) is 8.05. The van der Waals surface area contributed by atoms with Gasteiger partial charge in [-0.1, -0.05) is 53.8 Å². The smallest absolute Gasteiger partial charge is 0.375 e. The molecule has 0 unspecified atom stereocenters. The first kappa shape index (κ1) is 16.0. The maximum atomic E-state index is 13.7. The Morgan fingerprint density at radius 3 is 1.96 bits per heavy atom. The molecule has 2 aromatic carbocycles. The molecule has 5 rings (SSSR count). The standard InChI is InChI=1S/C20H13O3PS2/c21-24(20-12-11-19(26-20)18-10-5-13-25-18)22-16-8-3-1-6-14(16)15-7-2-4-9-17(15)23-24/h1-13H. The molecular formula is C20H13O3PS2. The molecule has 1 aliphatic heterocycles. The van der Waals surface area contributed by atoms with Crippen LogP contribution in [-0.2, 0) is 0 Å². The van der Waals surface area contributed by atoms with Gasteiger partial charge >= 0.3 is 7.94 Å². The van der Waals surface area contributed by atoms with Crippen LogP contribution in [-0.4, -0.2) is 0 Å². The topological polar surface area (TPSA) is 41.5 Å². The van der Waals surface area contributed by atoms with Crippen molar-refractivity contribution in [3.05, 3.63) is 78.2 Å². The average molecular weight is 396 g/mol. The third kappa shape index (κ3) is 2.65. The molecule has 0 atom stereocenters. The Balaban J connectivity index is 1.64. The fourth-order valence-corrected chi connectivity index (χ4v) is 6.79. The fraction of sp³-hybridized carbons (Fsp3) is 0. The lowest BCUT2D eigenvalue weighted by atomic mass is 10.0. The van der Waals surface area contributed by atoms with Crippen LogP contribution in [0, 0.1) is 0 Å². The second kappa shape index (κ2) is 6.22. The van der Waals surface area contributed by atoms with Crippen molar-refractivity contribution < 1.29 is 13.9 Å². The highest BCUT2D eigenvalue weighted by Gasteiger charge is 2.42. The number of thiophene rings is 2. The van der Waals surface area contributed by atoms with Gasteiger partial charge in [0.1, 0.15) is 0 Å².